The van der Waals surface area contributed by atoms with Crippen LogP contribution in [0.4, 0.5) is 0 Å². The SMILES string of the molecule is COc1ccc(CN2CCNC(=O)[C@H]2CC(=O)NCCO)c(C)c1C. The highest BCUT2D eigenvalue weighted by Crippen LogP contribution is 2.25. The second kappa shape index (κ2) is 8.82. The average molecular weight is 349 g/mol. The number of aliphatic hydroxyl groups is 1. The maximum absolute atomic E-state index is 12.3. The van der Waals surface area contributed by atoms with Crippen molar-refractivity contribution in [2.45, 2.75) is 32.9 Å². The highest BCUT2D eigenvalue weighted by Gasteiger charge is 2.31. The van der Waals surface area contributed by atoms with Crippen LogP contribution in [0.1, 0.15) is 23.1 Å². The minimum absolute atomic E-state index is 0.0834. The van der Waals surface area contributed by atoms with Gasteiger partial charge in [0, 0.05) is 26.2 Å². The van der Waals surface area contributed by atoms with Crippen LogP contribution in [-0.2, 0) is 16.1 Å². The first kappa shape index (κ1) is 19.2. The normalized spacial score (nSPS) is 17.9. The van der Waals surface area contributed by atoms with Crippen molar-refractivity contribution >= 4 is 11.8 Å². The monoisotopic (exact) mass is 349 g/mol. The van der Waals surface area contributed by atoms with E-state index in [2.05, 4.69) is 10.6 Å². The minimum atomic E-state index is -0.505. The number of nitrogens with zero attached hydrogens (tertiary/aromatic N) is 1. The van der Waals surface area contributed by atoms with Gasteiger partial charge < -0.3 is 20.5 Å². The van der Waals surface area contributed by atoms with Gasteiger partial charge in [0.15, 0.2) is 0 Å². The van der Waals surface area contributed by atoms with Gasteiger partial charge in [-0.05, 0) is 36.6 Å². The van der Waals surface area contributed by atoms with E-state index in [0.29, 0.717) is 19.6 Å². The van der Waals surface area contributed by atoms with Crippen LogP contribution < -0.4 is 15.4 Å². The van der Waals surface area contributed by atoms with E-state index >= 15 is 0 Å². The molecule has 7 nitrogen and oxygen atoms in total. The van der Waals surface area contributed by atoms with Crippen LogP contribution in [0.15, 0.2) is 12.1 Å². The quantitative estimate of drug-likeness (QED) is 0.650. The molecule has 0 aromatic heterocycles. The number of hydrogen-bond donors (Lipinski definition) is 3. The molecule has 25 heavy (non-hydrogen) atoms. The summed E-state index contributed by atoms with van der Waals surface area (Å²) in [7, 11) is 1.65. The standard InChI is InChI=1S/C18H27N3O4/c1-12-13(2)16(25-3)5-4-14(12)11-21-8-6-20-18(24)15(21)10-17(23)19-7-9-22/h4-5,15,22H,6-11H2,1-3H3,(H,19,23)(H,20,24)/t15-/m1/s1. The summed E-state index contributed by atoms with van der Waals surface area (Å²) < 4.78 is 5.35. The van der Waals surface area contributed by atoms with Crippen molar-refractivity contribution in [3.63, 3.8) is 0 Å². The smallest absolute Gasteiger partial charge is 0.237 e. The number of methoxy groups -OCH3 is 1. The molecule has 1 saturated heterocycles. The zero-order valence-corrected chi connectivity index (χ0v) is 15.1. The van der Waals surface area contributed by atoms with Gasteiger partial charge >= 0.3 is 0 Å². The van der Waals surface area contributed by atoms with Gasteiger partial charge in [0.25, 0.3) is 0 Å². The third-order valence-electron chi connectivity index (χ3n) is 4.70. The van der Waals surface area contributed by atoms with E-state index in [1.165, 1.54) is 0 Å². The second-order valence-electron chi connectivity index (χ2n) is 6.23. The number of benzene rings is 1. The van der Waals surface area contributed by atoms with Crippen LogP contribution >= 0.6 is 0 Å². The first-order chi connectivity index (χ1) is 12.0. The zero-order chi connectivity index (χ0) is 18.4. The lowest BCUT2D eigenvalue weighted by atomic mass is 10.00. The molecule has 0 radical (unpaired) electrons. The molecule has 1 atom stereocenters. The van der Waals surface area contributed by atoms with Crippen LogP contribution in [-0.4, -0.2) is 61.2 Å². The number of carbonyl (C=O) groups is 2. The molecular weight excluding hydrogens is 322 g/mol. The molecule has 2 rings (SSSR count). The largest absolute Gasteiger partial charge is 0.496 e. The third-order valence-corrected chi connectivity index (χ3v) is 4.70. The molecule has 1 aromatic rings. The van der Waals surface area contributed by atoms with Gasteiger partial charge in [0.05, 0.1) is 26.2 Å². The lowest BCUT2D eigenvalue weighted by molar-refractivity contribution is -0.134. The Morgan fingerprint density at radius 1 is 1.40 bits per heavy atom. The number of rotatable bonds is 7. The predicted octanol–water partition coefficient (Wildman–Crippen LogP) is 0.111. The summed E-state index contributed by atoms with van der Waals surface area (Å²) >= 11 is 0. The summed E-state index contributed by atoms with van der Waals surface area (Å²) in [5, 5.41) is 14.2. The Bertz CT molecular complexity index is 633. The molecular formula is C18H27N3O4. The number of carbonyl (C=O) groups excluding carboxylic acids is 2. The fourth-order valence-corrected chi connectivity index (χ4v) is 3.08. The maximum atomic E-state index is 12.3. The van der Waals surface area contributed by atoms with E-state index in [1.54, 1.807) is 7.11 Å². The molecule has 0 unspecified atom stereocenters. The summed E-state index contributed by atoms with van der Waals surface area (Å²) in [6, 6.07) is 3.44. The first-order valence-corrected chi connectivity index (χ1v) is 8.50. The Morgan fingerprint density at radius 2 is 2.16 bits per heavy atom. The lowest BCUT2D eigenvalue weighted by Crippen LogP contribution is -2.56. The molecule has 1 fully saturated rings. The number of amides is 2. The molecule has 7 heteroatoms. The molecule has 0 spiro atoms. The average Bonchev–Trinajstić information content (AvgIpc) is 2.60. The molecule has 0 bridgehead atoms. The molecule has 1 aliphatic rings. The van der Waals surface area contributed by atoms with Crippen LogP contribution in [0.2, 0.25) is 0 Å². The molecule has 1 heterocycles. The van der Waals surface area contributed by atoms with E-state index in [0.717, 1.165) is 22.4 Å². The van der Waals surface area contributed by atoms with Crippen LogP contribution in [0.25, 0.3) is 0 Å². The lowest BCUT2D eigenvalue weighted by Gasteiger charge is -2.35. The molecule has 2 amide bonds. The van der Waals surface area contributed by atoms with E-state index in [9.17, 15) is 9.59 Å². The summed E-state index contributed by atoms with van der Waals surface area (Å²) in [6.07, 6.45) is 0.0834. The highest BCUT2D eigenvalue weighted by molar-refractivity contribution is 5.88. The Balaban J connectivity index is 2.13. The zero-order valence-electron chi connectivity index (χ0n) is 15.1. The van der Waals surface area contributed by atoms with Crippen LogP contribution in [0.3, 0.4) is 0 Å². The Labute approximate surface area is 148 Å². The summed E-state index contributed by atoms with van der Waals surface area (Å²) in [5.41, 5.74) is 3.33. The highest BCUT2D eigenvalue weighted by atomic mass is 16.5. The molecule has 1 aliphatic heterocycles. The Kier molecular flexibility index (Phi) is 6.78. The van der Waals surface area contributed by atoms with E-state index < -0.39 is 6.04 Å². The van der Waals surface area contributed by atoms with Gasteiger partial charge in [0.1, 0.15) is 5.75 Å². The number of piperazine rings is 1. The van der Waals surface area contributed by atoms with Gasteiger partial charge in [-0.15, -0.1) is 0 Å². The maximum Gasteiger partial charge on any atom is 0.237 e. The van der Waals surface area contributed by atoms with Crippen molar-refractivity contribution in [3.8, 4) is 5.75 Å². The van der Waals surface area contributed by atoms with E-state index in [1.807, 2.05) is 30.9 Å². The van der Waals surface area contributed by atoms with Crippen molar-refractivity contribution in [1.29, 1.82) is 0 Å². The third kappa shape index (κ3) is 4.70. The number of nitrogens with one attached hydrogen (secondary N) is 2. The summed E-state index contributed by atoms with van der Waals surface area (Å²) in [4.78, 5) is 26.3. The van der Waals surface area contributed by atoms with Crippen molar-refractivity contribution < 1.29 is 19.4 Å². The molecule has 0 aliphatic carbocycles. The summed E-state index contributed by atoms with van der Waals surface area (Å²) in [6.45, 7) is 6.00. The van der Waals surface area contributed by atoms with E-state index in [-0.39, 0.29) is 31.4 Å². The van der Waals surface area contributed by atoms with Crippen LogP contribution in [0, 0.1) is 13.8 Å². The Hall–Kier alpha value is -2.12. The number of ether oxygens (including phenoxy) is 1. The van der Waals surface area contributed by atoms with Gasteiger partial charge in [-0.3, -0.25) is 14.5 Å². The van der Waals surface area contributed by atoms with Gasteiger partial charge in [0.2, 0.25) is 11.8 Å². The minimum Gasteiger partial charge on any atom is -0.496 e. The van der Waals surface area contributed by atoms with Gasteiger partial charge in [-0.25, -0.2) is 0 Å². The fraction of sp³-hybridized carbons (Fsp3) is 0.556. The van der Waals surface area contributed by atoms with Crippen molar-refractivity contribution in [2.75, 3.05) is 33.4 Å². The topological polar surface area (TPSA) is 90.9 Å². The predicted molar refractivity (Wildman–Crippen MR) is 94.4 cm³/mol. The van der Waals surface area contributed by atoms with Crippen molar-refractivity contribution in [1.82, 2.24) is 15.5 Å². The molecule has 1 aromatic carbocycles. The second-order valence-corrected chi connectivity index (χ2v) is 6.23. The van der Waals surface area contributed by atoms with Crippen LogP contribution in [0.5, 0.6) is 5.75 Å². The first-order valence-electron chi connectivity index (χ1n) is 8.50. The van der Waals surface area contributed by atoms with Crippen molar-refractivity contribution in [2.24, 2.45) is 0 Å². The molecule has 0 saturated carbocycles. The van der Waals surface area contributed by atoms with Gasteiger partial charge in [-0.2, -0.15) is 0 Å². The molecule has 3 N–H and O–H groups in total. The van der Waals surface area contributed by atoms with Crippen molar-refractivity contribution in [3.05, 3.63) is 28.8 Å². The Morgan fingerprint density at radius 3 is 2.84 bits per heavy atom. The van der Waals surface area contributed by atoms with Gasteiger partial charge in [-0.1, -0.05) is 6.07 Å². The number of aliphatic hydroxyl groups excluding tert-OH is 1. The molecule has 138 valence electrons. The van der Waals surface area contributed by atoms with E-state index in [4.69, 9.17) is 9.84 Å². The summed E-state index contributed by atoms with van der Waals surface area (Å²) in [5.74, 6) is 0.481. The number of hydrogen-bond acceptors (Lipinski definition) is 5. The fourth-order valence-electron chi connectivity index (χ4n) is 3.08.